The van der Waals surface area contributed by atoms with E-state index in [0.717, 1.165) is 0 Å². The van der Waals surface area contributed by atoms with Gasteiger partial charge in [0.15, 0.2) is 0 Å². The summed E-state index contributed by atoms with van der Waals surface area (Å²) in [5.41, 5.74) is -0.335. The Morgan fingerprint density at radius 3 is 2.44 bits per heavy atom. The van der Waals surface area contributed by atoms with E-state index in [0.29, 0.717) is 0 Å². The van der Waals surface area contributed by atoms with Crippen molar-refractivity contribution >= 4 is 10.0 Å². The highest BCUT2D eigenvalue weighted by Gasteiger charge is 2.28. The van der Waals surface area contributed by atoms with Crippen LogP contribution in [0.1, 0.15) is 39.4 Å². The maximum Gasteiger partial charge on any atom is 0.274 e. The molecule has 16 heavy (non-hydrogen) atoms. The third kappa shape index (κ3) is 3.07. The number of furan rings is 1. The highest BCUT2D eigenvalue weighted by Crippen LogP contribution is 2.24. The van der Waals surface area contributed by atoms with Gasteiger partial charge in [-0.1, -0.05) is 0 Å². The van der Waals surface area contributed by atoms with Gasteiger partial charge in [0.05, 0.1) is 12.4 Å². The Hall–Kier alpha value is -0.850. The number of nitrogens with one attached hydrogen (secondary N) is 1. The summed E-state index contributed by atoms with van der Waals surface area (Å²) in [5, 5.41) is 9.18. The van der Waals surface area contributed by atoms with E-state index in [2.05, 4.69) is 4.72 Å². The second-order valence-electron chi connectivity index (χ2n) is 4.69. The SMILES string of the molecule is CC(O)c1ccoc1S(=O)(=O)NC(C)(C)C. The van der Waals surface area contributed by atoms with Gasteiger partial charge in [-0.15, -0.1) is 0 Å². The molecule has 0 bridgehead atoms. The minimum Gasteiger partial charge on any atom is -0.451 e. The minimum atomic E-state index is -3.73. The number of sulfonamides is 1. The van der Waals surface area contributed by atoms with Crippen LogP contribution in [0.5, 0.6) is 0 Å². The molecule has 6 heteroatoms. The summed E-state index contributed by atoms with van der Waals surface area (Å²) in [7, 11) is -3.73. The van der Waals surface area contributed by atoms with Crippen LogP contribution in [0.3, 0.4) is 0 Å². The molecule has 0 spiro atoms. The molecule has 1 unspecified atom stereocenters. The Morgan fingerprint density at radius 2 is 2.00 bits per heavy atom. The van der Waals surface area contributed by atoms with E-state index in [4.69, 9.17) is 4.42 Å². The summed E-state index contributed by atoms with van der Waals surface area (Å²) in [6.45, 7) is 6.68. The molecular weight excluding hydrogens is 230 g/mol. The second-order valence-corrected chi connectivity index (χ2v) is 6.28. The molecule has 0 amide bonds. The monoisotopic (exact) mass is 247 g/mol. The zero-order valence-electron chi connectivity index (χ0n) is 9.81. The fourth-order valence-electron chi connectivity index (χ4n) is 1.28. The van der Waals surface area contributed by atoms with Crippen LogP contribution in [0.15, 0.2) is 21.8 Å². The number of hydrogen-bond acceptors (Lipinski definition) is 4. The number of aliphatic hydroxyl groups is 1. The first-order chi connectivity index (χ1) is 7.13. The van der Waals surface area contributed by atoms with Crippen LogP contribution in [0.2, 0.25) is 0 Å². The van der Waals surface area contributed by atoms with Crippen molar-refractivity contribution in [3.63, 3.8) is 0 Å². The molecule has 1 aromatic heterocycles. The first-order valence-corrected chi connectivity index (χ1v) is 6.41. The fourth-order valence-corrected chi connectivity index (χ4v) is 2.91. The van der Waals surface area contributed by atoms with Crippen LogP contribution in [-0.4, -0.2) is 19.1 Å². The lowest BCUT2D eigenvalue weighted by molar-refractivity contribution is 0.192. The summed E-state index contributed by atoms with van der Waals surface area (Å²) >= 11 is 0. The topological polar surface area (TPSA) is 79.5 Å². The summed E-state index contributed by atoms with van der Waals surface area (Å²) in [6, 6.07) is 1.45. The molecule has 5 nitrogen and oxygen atoms in total. The summed E-state index contributed by atoms with van der Waals surface area (Å²) in [5.74, 6) is 0. The highest BCUT2D eigenvalue weighted by molar-refractivity contribution is 7.89. The summed E-state index contributed by atoms with van der Waals surface area (Å²) in [4.78, 5) is 0. The van der Waals surface area contributed by atoms with Gasteiger partial charge in [0.25, 0.3) is 10.0 Å². The molecular formula is C10H17NO4S. The smallest absolute Gasteiger partial charge is 0.274 e. The van der Waals surface area contributed by atoms with Gasteiger partial charge in [0, 0.05) is 11.1 Å². The molecule has 0 saturated heterocycles. The predicted molar refractivity (Wildman–Crippen MR) is 59.4 cm³/mol. The van der Waals surface area contributed by atoms with Crippen molar-refractivity contribution < 1.29 is 17.9 Å². The maximum atomic E-state index is 11.9. The van der Waals surface area contributed by atoms with E-state index >= 15 is 0 Å². The van der Waals surface area contributed by atoms with Crippen LogP contribution < -0.4 is 4.72 Å². The van der Waals surface area contributed by atoms with E-state index in [1.54, 1.807) is 20.8 Å². The minimum absolute atomic E-state index is 0.225. The largest absolute Gasteiger partial charge is 0.451 e. The Kier molecular flexibility index (Phi) is 3.47. The molecule has 2 N–H and O–H groups in total. The van der Waals surface area contributed by atoms with E-state index in [-0.39, 0.29) is 10.7 Å². The molecule has 1 atom stereocenters. The molecule has 0 aromatic carbocycles. The van der Waals surface area contributed by atoms with Crippen molar-refractivity contribution in [3.8, 4) is 0 Å². The van der Waals surface area contributed by atoms with Crippen molar-refractivity contribution in [3.05, 3.63) is 17.9 Å². The van der Waals surface area contributed by atoms with Gasteiger partial charge >= 0.3 is 0 Å². The Labute approximate surface area is 95.5 Å². The van der Waals surface area contributed by atoms with Gasteiger partial charge in [-0.2, -0.15) is 0 Å². The Bertz CT molecular complexity index is 453. The predicted octanol–water partition coefficient (Wildman–Crippen LogP) is 1.41. The van der Waals surface area contributed by atoms with Gasteiger partial charge in [-0.25, -0.2) is 13.1 Å². The van der Waals surface area contributed by atoms with Crippen molar-refractivity contribution in [2.75, 3.05) is 0 Å². The molecule has 0 aliphatic rings. The summed E-state index contributed by atoms with van der Waals surface area (Å²) < 4.78 is 31.2. The van der Waals surface area contributed by atoms with Crippen LogP contribution in [0.4, 0.5) is 0 Å². The molecule has 0 radical (unpaired) electrons. The highest BCUT2D eigenvalue weighted by atomic mass is 32.2. The standard InChI is InChI=1S/C10H17NO4S/c1-7(12)8-5-6-15-9(8)16(13,14)11-10(2,3)4/h5-7,11-12H,1-4H3. The quantitative estimate of drug-likeness (QED) is 0.846. The average Bonchev–Trinajstić information content (AvgIpc) is 2.45. The first kappa shape index (κ1) is 13.2. The molecule has 0 aliphatic carbocycles. The van der Waals surface area contributed by atoms with Gasteiger partial charge < -0.3 is 9.52 Å². The van der Waals surface area contributed by atoms with E-state index in [1.807, 2.05) is 0 Å². The lowest BCUT2D eigenvalue weighted by Crippen LogP contribution is -2.40. The third-order valence-corrected chi connectivity index (χ3v) is 3.49. The molecule has 0 saturated carbocycles. The van der Waals surface area contributed by atoms with Gasteiger partial charge in [-0.05, 0) is 33.8 Å². The number of rotatable bonds is 3. The normalized spacial score (nSPS) is 15.1. The van der Waals surface area contributed by atoms with Gasteiger partial charge in [0.1, 0.15) is 0 Å². The van der Waals surface area contributed by atoms with Crippen LogP contribution >= 0.6 is 0 Å². The third-order valence-electron chi connectivity index (χ3n) is 1.79. The van der Waals surface area contributed by atoms with Gasteiger partial charge in [-0.3, -0.25) is 0 Å². The van der Waals surface area contributed by atoms with E-state index in [1.165, 1.54) is 19.3 Å². The van der Waals surface area contributed by atoms with Crippen LogP contribution in [0, 0.1) is 0 Å². The van der Waals surface area contributed by atoms with Crippen molar-refractivity contribution in [2.24, 2.45) is 0 Å². The molecule has 1 rings (SSSR count). The van der Waals surface area contributed by atoms with Crippen molar-refractivity contribution in [2.45, 2.75) is 44.4 Å². The first-order valence-electron chi connectivity index (χ1n) is 4.93. The molecule has 0 aliphatic heterocycles. The van der Waals surface area contributed by atoms with Crippen molar-refractivity contribution in [1.29, 1.82) is 0 Å². The van der Waals surface area contributed by atoms with Gasteiger partial charge in [0.2, 0.25) is 5.09 Å². The van der Waals surface area contributed by atoms with Crippen LogP contribution in [-0.2, 0) is 10.0 Å². The maximum absolute atomic E-state index is 11.9. The lowest BCUT2D eigenvalue weighted by atomic mass is 10.1. The van der Waals surface area contributed by atoms with E-state index in [9.17, 15) is 13.5 Å². The average molecular weight is 247 g/mol. The number of hydrogen-bond donors (Lipinski definition) is 2. The molecule has 92 valence electrons. The Balaban J connectivity index is 3.13. The van der Waals surface area contributed by atoms with Crippen LogP contribution in [0.25, 0.3) is 0 Å². The van der Waals surface area contributed by atoms with Crippen molar-refractivity contribution in [1.82, 2.24) is 4.72 Å². The zero-order chi connectivity index (χ0) is 12.6. The van der Waals surface area contributed by atoms with E-state index < -0.39 is 21.7 Å². The summed E-state index contributed by atoms with van der Waals surface area (Å²) in [6.07, 6.45) is 0.365. The zero-order valence-corrected chi connectivity index (χ0v) is 10.6. The Morgan fingerprint density at radius 1 is 1.44 bits per heavy atom. The molecule has 1 aromatic rings. The second kappa shape index (κ2) is 4.20. The number of aliphatic hydroxyl groups excluding tert-OH is 1. The fraction of sp³-hybridized carbons (Fsp3) is 0.600. The molecule has 0 fully saturated rings. The molecule has 1 heterocycles. The lowest BCUT2D eigenvalue weighted by Gasteiger charge is -2.19.